The monoisotopic (exact) mass is 380 g/mol. The lowest BCUT2D eigenvalue weighted by Crippen LogP contribution is -2.32. The number of carboxylic acids is 1. The fourth-order valence-corrected chi connectivity index (χ4v) is 4.25. The number of hydrogen-bond donors (Lipinski definition) is 1. The third-order valence-corrected chi connectivity index (χ3v) is 5.61. The zero-order chi connectivity index (χ0) is 20.1. The van der Waals surface area contributed by atoms with Gasteiger partial charge in [-0.25, -0.2) is 0 Å². The number of carbonyl (C=O) groups is 2. The van der Waals surface area contributed by atoms with Crippen molar-refractivity contribution in [1.82, 2.24) is 0 Å². The van der Waals surface area contributed by atoms with Gasteiger partial charge in [-0.05, 0) is 41.5 Å². The smallest absolute Gasteiger partial charge is 0.310 e. The number of rotatable bonds is 8. The summed E-state index contributed by atoms with van der Waals surface area (Å²) in [5.74, 6) is -2.43. The van der Waals surface area contributed by atoms with Crippen molar-refractivity contribution in [1.29, 1.82) is 0 Å². The van der Waals surface area contributed by atoms with Crippen LogP contribution in [0.1, 0.15) is 67.7 Å². The number of aliphatic carboxylic acids is 1. The van der Waals surface area contributed by atoms with Gasteiger partial charge in [0.05, 0.1) is 12.3 Å². The topological polar surface area (TPSA) is 63.6 Å². The summed E-state index contributed by atoms with van der Waals surface area (Å²) in [5.41, 5.74) is 4.37. The van der Waals surface area contributed by atoms with Crippen LogP contribution in [0.5, 0.6) is 0 Å². The number of hydrogen-bond acceptors (Lipinski definition) is 3. The number of carbonyl (C=O) groups excluding carboxylic acids is 1. The third-order valence-electron chi connectivity index (χ3n) is 5.61. The maximum atomic E-state index is 13.2. The van der Waals surface area contributed by atoms with E-state index in [9.17, 15) is 14.7 Å². The first kappa shape index (κ1) is 20.1. The van der Waals surface area contributed by atoms with Crippen LogP contribution in [0.4, 0.5) is 0 Å². The van der Waals surface area contributed by atoms with Crippen LogP contribution < -0.4 is 0 Å². The summed E-state index contributed by atoms with van der Waals surface area (Å²) in [6.45, 7) is 4.05. The van der Waals surface area contributed by atoms with E-state index in [1.54, 1.807) is 0 Å². The Morgan fingerprint density at radius 2 is 1.61 bits per heavy atom. The van der Waals surface area contributed by atoms with Crippen molar-refractivity contribution in [2.24, 2.45) is 5.92 Å². The van der Waals surface area contributed by atoms with E-state index < -0.39 is 17.9 Å². The van der Waals surface area contributed by atoms with E-state index in [4.69, 9.17) is 4.74 Å². The second kappa shape index (κ2) is 9.05. The van der Waals surface area contributed by atoms with Gasteiger partial charge >= 0.3 is 11.9 Å². The Labute approximate surface area is 166 Å². The number of ether oxygens (including phenoxy) is 1. The summed E-state index contributed by atoms with van der Waals surface area (Å²) in [5, 5.41) is 9.55. The Hall–Kier alpha value is -2.62. The van der Waals surface area contributed by atoms with Crippen molar-refractivity contribution in [3.8, 4) is 0 Å². The van der Waals surface area contributed by atoms with Crippen LogP contribution in [-0.4, -0.2) is 23.1 Å². The summed E-state index contributed by atoms with van der Waals surface area (Å²) in [4.78, 5) is 24.8. The van der Waals surface area contributed by atoms with Crippen LogP contribution in [0.2, 0.25) is 0 Å². The highest BCUT2D eigenvalue weighted by atomic mass is 16.5. The van der Waals surface area contributed by atoms with Gasteiger partial charge in [0.25, 0.3) is 0 Å². The zero-order valence-corrected chi connectivity index (χ0v) is 16.6. The first-order valence-electron chi connectivity index (χ1n) is 10.1. The quantitative estimate of drug-likeness (QED) is 0.659. The molecule has 2 aromatic carbocycles. The molecule has 2 aromatic rings. The zero-order valence-electron chi connectivity index (χ0n) is 16.6. The molecule has 148 valence electrons. The minimum Gasteiger partial charge on any atom is -0.481 e. The molecule has 28 heavy (non-hydrogen) atoms. The Morgan fingerprint density at radius 1 is 1.04 bits per heavy atom. The fourth-order valence-electron chi connectivity index (χ4n) is 4.25. The molecular weight excluding hydrogens is 352 g/mol. The van der Waals surface area contributed by atoms with Gasteiger partial charge in [-0.15, -0.1) is 0 Å². The normalized spacial score (nSPS) is 15.2. The lowest BCUT2D eigenvalue weighted by Gasteiger charge is -2.33. The molecule has 4 heteroatoms. The highest BCUT2D eigenvalue weighted by molar-refractivity contribution is 5.81. The average molecular weight is 380 g/mol. The molecule has 0 aromatic heterocycles. The number of carboxylic acid groups (broad SMARTS) is 1. The predicted molar refractivity (Wildman–Crippen MR) is 108 cm³/mol. The molecular formula is C24H28O4. The average Bonchev–Trinajstić information content (AvgIpc) is 2.69. The highest BCUT2D eigenvalue weighted by Gasteiger charge is 2.38. The van der Waals surface area contributed by atoms with Crippen LogP contribution in [-0.2, 0) is 20.7 Å². The molecule has 4 nitrogen and oxygen atoms in total. The molecule has 1 aliphatic rings. The molecule has 0 aliphatic heterocycles. The molecule has 2 unspecified atom stereocenters. The number of benzene rings is 2. The standard InChI is InChI=1S/C24H28O4/c1-3-9-18(4-2)28-24(27)21(15-22(25)26)23-19-12-7-5-10-16(19)14-17-11-6-8-13-20(17)23/h5-8,10-13,18,21,23H,3-4,9,14-15H2,1-2H3,(H,25,26). The van der Waals surface area contributed by atoms with Gasteiger partial charge < -0.3 is 9.84 Å². The summed E-state index contributed by atoms with van der Waals surface area (Å²) >= 11 is 0. The molecule has 0 saturated heterocycles. The maximum Gasteiger partial charge on any atom is 0.310 e. The van der Waals surface area contributed by atoms with E-state index in [1.165, 1.54) is 0 Å². The van der Waals surface area contributed by atoms with E-state index in [0.717, 1.165) is 47.9 Å². The van der Waals surface area contributed by atoms with E-state index in [2.05, 4.69) is 19.1 Å². The minimum atomic E-state index is -0.981. The highest BCUT2D eigenvalue weighted by Crippen LogP contribution is 2.42. The van der Waals surface area contributed by atoms with Gasteiger partial charge in [0.2, 0.25) is 0 Å². The largest absolute Gasteiger partial charge is 0.481 e. The lowest BCUT2D eigenvalue weighted by atomic mass is 9.71. The second-order valence-corrected chi connectivity index (χ2v) is 7.51. The third kappa shape index (κ3) is 4.27. The molecule has 0 saturated carbocycles. The maximum absolute atomic E-state index is 13.2. The lowest BCUT2D eigenvalue weighted by molar-refractivity contribution is -0.158. The van der Waals surface area contributed by atoms with E-state index in [1.807, 2.05) is 43.3 Å². The molecule has 0 radical (unpaired) electrons. The SMILES string of the molecule is CCCC(CC)OC(=O)C(CC(=O)O)C1c2ccccc2Cc2ccccc21. The van der Waals surface area contributed by atoms with E-state index in [-0.39, 0.29) is 18.4 Å². The summed E-state index contributed by atoms with van der Waals surface area (Å²) < 4.78 is 5.78. The molecule has 0 fully saturated rings. The van der Waals surface area contributed by atoms with Gasteiger partial charge in [-0.1, -0.05) is 68.8 Å². The number of esters is 1. The van der Waals surface area contributed by atoms with Crippen LogP contribution >= 0.6 is 0 Å². The van der Waals surface area contributed by atoms with Gasteiger partial charge in [-0.2, -0.15) is 0 Å². The van der Waals surface area contributed by atoms with Crippen LogP contribution in [0.15, 0.2) is 48.5 Å². The van der Waals surface area contributed by atoms with Crippen molar-refractivity contribution in [3.63, 3.8) is 0 Å². The van der Waals surface area contributed by atoms with Crippen LogP contribution in [0.3, 0.4) is 0 Å². The second-order valence-electron chi connectivity index (χ2n) is 7.51. The van der Waals surface area contributed by atoms with Crippen molar-refractivity contribution >= 4 is 11.9 Å². The molecule has 1 N–H and O–H groups in total. The first-order chi connectivity index (χ1) is 13.5. The van der Waals surface area contributed by atoms with Gasteiger partial charge in [0, 0.05) is 5.92 Å². The van der Waals surface area contributed by atoms with Gasteiger partial charge in [0.1, 0.15) is 6.10 Å². The van der Waals surface area contributed by atoms with Crippen molar-refractivity contribution in [2.45, 2.75) is 58.0 Å². The van der Waals surface area contributed by atoms with Crippen LogP contribution in [0, 0.1) is 5.92 Å². The van der Waals surface area contributed by atoms with E-state index in [0.29, 0.717) is 0 Å². The van der Waals surface area contributed by atoms with E-state index >= 15 is 0 Å². The molecule has 0 amide bonds. The van der Waals surface area contributed by atoms with Crippen LogP contribution in [0.25, 0.3) is 0 Å². The van der Waals surface area contributed by atoms with Crippen molar-refractivity contribution < 1.29 is 19.4 Å². The minimum absolute atomic E-state index is 0.164. The predicted octanol–water partition coefficient (Wildman–Crippen LogP) is 4.94. The Balaban J connectivity index is 2.02. The van der Waals surface area contributed by atoms with Gasteiger partial charge in [-0.3, -0.25) is 9.59 Å². The molecule has 1 aliphatic carbocycles. The number of fused-ring (bicyclic) bond motifs is 2. The molecule has 3 rings (SSSR count). The Morgan fingerprint density at radius 3 is 2.11 bits per heavy atom. The van der Waals surface area contributed by atoms with Crippen molar-refractivity contribution in [2.75, 3.05) is 0 Å². The Bertz CT molecular complexity index is 797. The first-order valence-corrected chi connectivity index (χ1v) is 10.1. The van der Waals surface area contributed by atoms with Gasteiger partial charge in [0.15, 0.2) is 0 Å². The molecule has 2 atom stereocenters. The summed E-state index contributed by atoms with van der Waals surface area (Å²) in [7, 11) is 0. The summed E-state index contributed by atoms with van der Waals surface area (Å²) in [6, 6.07) is 16.0. The Kier molecular flexibility index (Phi) is 6.50. The fraction of sp³-hybridized carbons (Fsp3) is 0.417. The molecule has 0 spiro atoms. The van der Waals surface area contributed by atoms with Crippen molar-refractivity contribution in [3.05, 3.63) is 70.8 Å². The molecule has 0 bridgehead atoms. The summed E-state index contributed by atoms with van der Waals surface area (Å²) in [6.07, 6.45) is 2.84. The molecule has 0 heterocycles.